The van der Waals surface area contributed by atoms with Crippen LogP contribution in [0.3, 0.4) is 0 Å². The van der Waals surface area contributed by atoms with E-state index < -0.39 is 5.41 Å². The SMILES string of the molecule is c1ccc(-c2cccc(C[C@@H](NCc3cccc(-c4cccc(-c5ccc6c(c5)C5(c7ccccc7-6)c6ccccc6N(c6ccccc6)c6ccccc65)c4)c3)c3ccccc3)c2)cc1. The lowest BCUT2D eigenvalue weighted by Gasteiger charge is -2.45. The molecule has 0 fully saturated rings. The van der Waals surface area contributed by atoms with Crippen molar-refractivity contribution in [2.24, 2.45) is 0 Å². The molecule has 1 N–H and O–H groups in total. The summed E-state index contributed by atoms with van der Waals surface area (Å²) in [4.78, 5) is 2.44. The number of fused-ring (bicyclic) bond motifs is 9. The second-order valence-electron chi connectivity index (χ2n) is 17.7. The maximum Gasteiger partial charge on any atom is 0.0754 e. The smallest absolute Gasteiger partial charge is 0.0754 e. The molecule has 2 heteroatoms. The van der Waals surface area contributed by atoms with E-state index in [4.69, 9.17) is 0 Å². The molecule has 0 aromatic heterocycles. The summed E-state index contributed by atoms with van der Waals surface area (Å²) in [6, 6.07) is 93.9. The van der Waals surface area contributed by atoms with E-state index >= 15 is 0 Å². The molecule has 0 saturated carbocycles. The van der Waals surface area contributed by atoms with Gasteiger partial charge in [0.25, 0.3) is 0 Å². The van der Waals surface area contributed by atoms with Crippen molar-refractivity contribution in [3.8, 4) is 44.5 Å². The average Bonchev–Trinajstić information content (AvgIpc) is 3.68. The summed E-state index contributed by atoms with van der Waals surface area (Å²) in [6.45, 7) is 0.754. The molecule has 10 aromatic rings. The Kier molecular flexibility index (Phi) is 10.1. The van der Waals surface area contributed by atoms with Crippen LogP contribution in [-0.2, 0) is 18.4 Å². The van der Waals surface area contributed by atoms with E-state index in [1.807, 2.05) is 0 Å². The first-order valence-corrected chi connectivity index (χ1v) is 23.1. The van der Waals surface area contributed by atoms with Crippen molar-refractivity contribution in [3.05, 3.63) is 294 Å². The standard InChI is InChI=1S/C64H48N2/c1-4-21-47(22-5-1)49-25-16-19-45(39-49)41-61(48-23-6-2-7-24-48)65-44-46-20-17-26-50(40-46)51-27-18-28-52(42-51)53-37-38-56-55-31-10-11-32-57(55)64(60(56)43-53)58-33-12-14-35-62(58)66(54-29-8-3-9-30-54)63-36-15-13-34-59(63)64/h1-40,42-43,61,65H,41,44H2/t61-/m1/s1. The van der Waals surface area contributed by atoms with E-state index in [0.717, 1.165) is 18.7 Å². The predicted octanol–water partition coefficient (Wildman–Crippen LogP) is 15.9. The Bertz CT molecular complexity index is 3310. The van der Waals surface area contributed by atoms with Crippen molar-refractivity contribution in [3.63, 3.8) is 0 Å². The van der Waals surface area contributed by atoms with Crippen molar-refractivity contribution < 1.29 is 0 Å². The fraction of sp³-hybridized carbons (Fsp3) is 0.0625. The fourth-order valence-corrected chi connectivity index (χ4v) is 10.9. The molecule has 1 aliphatic heterocycles. The first-order chi connectivity index (χ1) is 32.7. The van der Waals surface area contributed by atoms with Crippen molar-refractivity contribution in [1.82, 2.24) is 5.32 Å². The minimum absolute atomic E-state index is 0.156. The van der Waals surface area contributed by atoms with Crippen LogP contribution in [0, 0.1) is 0 Å². The zero-order valence-electron chi connectivity index (χ0n) is 36.7. The van der Waals surface area contributed by atoms with E-state index in [2.05, 4.69) is 265 Å². The van der Waals surface area contributed by atoms with Crippen LogP contribution in [0.1, 0.15) is 45.0 Å². The lowest BCUT2D eigenvalue weighted by Crippen LogP contribution is -2.36. The quantitative estimate of drug-likeness (QED) is 0.148. The first kappa shape index (κ1) is 39.5. The number of nitrogens with zero attached hydrogens (tertiary/aromatic N) is 1. The van der Waals surface area contributed by atoms with Gasteiger partial charge in [0.15, 0.2) is 0 Å². The Morgan fingerprint density at radius 1 is 0.348 bits per heavy atom. The molecular weight excluding hydrogens is 797 g/mol. The minimum Gasteiger partial charge on any atom is -0.310 e. The van der Waals surface area contributed by atoms with Gasteiger partial charge < -0.3 is 10.2 Å². The monoisotopic (exact) mass is 844 g/mol. The largest absolute Gasteiger partial charge is 0.310 e. The third-order valence-corrected chi connectivity index (χ3v) is 13.8. The Morgan fingerprint density at radius 2 is 0.833 bits per heavy atom. The van der Waals surface area contributed by atoms with Gasteiger partial charge in [-0.2, -0.15) is 0 Å². The molecule has 1 atom stereocenters. The van der Waals surface area contributed by atoms with Gasteiger partial charge in [-0.1, -0.05) is 212 Å². The number of para-hydroxylation sites is 3. The lowest BCUT2D eigenvalue weighted by atomic mass is 9.64. The van der Waals surface area contributed by atoms with Crippen molar-refractivity contribution in [2.75, 3.05) is 4.90 Å². The molecule has 0 radical (unpaired) electrons. The molecule has 1 heterocycles. The minimum atomic E-state index is -0.498. The first-order valence-electron chi connectivity index (χ1n) is 23.1. The highest BCUT2D eigenvalue weighted by Gasteiger charge is 2.51. The highest BCUT2D eigenvalue weighted by atomic mass is 15.2. The van der Waals surface area contributed by atoms with Crippen LogP contribution in [0.5, 0.6) is 0 Å². The third kappa shape index (κ3) is 6.86. The summed E-state index contributed by atoms with van der Waals surface area (Å²) in [6.07, 6.45) is 0.891. The van der Waals surface area contributed by atoms with E-state index in [1.165, 1.54) is 94.8 Å². The number of anilines is 3. The van der Waals surface area contributed by atoms with Gasteiger partial charge in [0.1, 0.15) is 0 Å². The lowest BCUT2D eigenvalue weighted by molar-refractivity contribution is 0.530. The number of benzene rings is 10. The van der Waals surface area contributed by atoms with Gasteiger partial charge >= 0.3 is 0 Å². The normalized spacial score (nSPS) is 13.4. The van der Waals surface area contributed by atoms with E-state index in [0.29, 0.717) is 0 Å². The van der Waals surface area contributed by atoms with Gasteiger partial charge in [0.05, 0.1) is 16.8 Å². The van der Waals surface area contributed by atoms with E-state index in [-0.39, 0.29) is 6.04 Å². The molecule has 0 unspecified atom stereocenters. The number of rotatable bonds is 10. The fourth-order valence-electron chi connectivity index (χ4n) is 10.9. The van der Waals surface area contributed by atoms with Gasteiger partial charge in [-0.3, -0.25) is 0 Å². The molecule has 0 bridgehead atoms. The summed E-state index contributed by atoms with van der Waals surface area (Å²) in [5.41, 5.74) is 22.1. The molecule has 10 aromatic carbocycles. The van der Waals surface area contributed by atoms with Gasteiger partial charge in [-0.25, -0.2) is 0 Å². The maximum absolute atomic E-state index is 3.96. The molecular formula is C64H48N2. The van der Waals surface area contributed by atoms with Gasteiger partial charge in [0, 0.05) is 18.3 Å². The van der Waals surface area contributed by atoms with Crippen LogP contribution in [0.4, 0.5) is 17.1 Å². The molecule has 1 spiro atoms. The Balaban J connectivity index is 0.884. The summed E-state index contributed by atoms with van der Waals surface area (Å²) < 4.78 is 0. The molecule has 0 amide bonds. The number of nitrogens with one attached hydrogen (secondary N) is 1. The molecule has 314 valence electrons. The molecule has 2 nitrogen and oxygen atoms in total. The maximum atomic E-state index is 3.96. The second kappa shape index (κ2) is 16.8. The van der Waals surface area contributed by atoms with Crippen LogP contribution in [0.25, 0.3) is 44.5 Å². The zero-order valence-corrected chi connectivity index (χ0v) is 36.7. The highest BCUT2D eigenvalue weighted by molar-refractivity contribution is 5.96. The van der Waals surface area contributed by atoms with Crippen molar-refractivity contribution in [2.45, 2.75) is 24.4 Å². The highest BCUT2D eigenvalue weighted by Crippen LogP contribution is 2.63. The number of hydrogen-bond acceptors (Lipinski definition) is 2. The summed E-state index contributed by atoms with van der Waals surface area (Å²) >= 11 is 0. The van der Waals surface area contributed by atoms with Gasteiger partial charge in [-0.15, -0.1) is 0 Å². The van der Waals surface area contributed by atoms with Gasteiger partial charge in [0.2, 0.25) is 0 Å². The zero-order chi connectivity index (χ0) is 43.9. The van der Waals surface area contributed by atoms with Crippen molar-refractivity contribution in [1.29, 1.82) is 0 Å². The number of hydrogen-bond donors (Lipinski definition) is 1. The van der Waals surface area contributed by atoms with Crippen LogP contribution >= 0.6 is 0 Å². The molecule has 66 heavy (non-hydrogen) atoms. The predicted molar refractivity (Wildman–Crippen MR) is 274 cm³/mol. The molecule has 0 saturated heterocycles. The van der Waals surface area contributed by atoms with E-state index in [9.17, 15) is 0 Å². The van der Waals surface area contributed by atoms with Crippen LogP contribution < -0.4 is 10.2 Å². The Morgan fingerprint density at radius 3 is 1.53 bits per heavy atom. The van der Waals surface area contributed by atoms with Crippen LogP contribution in [0.15, 0.2) is 255 Å². The second-order valence-corrected chi connectivity index (χ2v) is 17.7. The summed E-state index contributed by atoms with van der Waals surface area (Å²) in [5.74, 6) is 0. The summed E-state index contributed by atoms with van der Waals surface area (Å²) in [5, 5.41) is 3.96. The Labute approximate surface area is 388 Å². The van der Waals surface area contributed by atoms with Crippen LogP contribution in [-0.4, -0.2) is 0 Å². The molecule has 12 rings (SSSR count). The molecule has 1 aliphatic carbocycles. The van der Waals surface area contributed by atoms with E-state index in [1.54, 1.807) is 0 Å². The molecule has 2 aliphatic rings. The summed E-state index contributed by atoms with van der Waals surface area (Å²) in [7, 11) is 0. The average molecular weight is 845 g/mol. The van der Waals surface area contributed by atoms with Gasteiger partial charge in [-0.05, 0) is 132 Å². The Hall–Kier alpha value is -8.04. The third-order valence-electron chi connectivity index (χ3n) is 13.8. The van der Waals surface area contributed by atoms with Crippen LogP contribution in [0.2, 0.25) is 0 Å². The van der Waals surface area contributed by atoms with Crippen molar-refractivity contribution >= 4 is 17.1 Å². The topological polar surface area (TPSA) is 15.3 Å².